The van der Waals surface area contributed by atoms with E-state index in [1.54, 1.807) is 12.1 Å². The first-order chi connectivity index (χ1) is 10.1. The molecule has 0 aromatic heterocycles. The maximum Gasteiger partial charge on any atom is 0.251 e. The van der Waals surface area contributed by atoms with Gasteiger partial charge >= 0.3 is 0 Å². The Morgan fingerprint density at radius 2 is 2.05 bits per heavy atom. The molecule has 1 saturated heterocycles. The lowest BCUT2D eigenvalue weighted by Gasteiger charge is -2.13. The van der Waals surface area contributed by atoms with Crippen LogP contribution in [0.2, 0.25) is 0 Å². The summed E-state index contributed by atoms with van der Waals surface area (Å²) in [6.07, 6.45) is 3.00. The van der Waals surface area contributed by atoms with Crippen molar-refractivity contribution in [2.75, 3.05) is 18.4 Å². The summed E-state index contributed by atoms with van der Waals surface area (Å²) in [6.45, 7) is 3.55. The molecule has 3 rings (SSSR count). The highest BCUT2D eigenvalue weighted by Crippen LogP contribution is 2.22. The van der Waals surface area contributed by atoms with E-state index in [0.717, 1.165) is 43.6 Å². The van der Waals surface area contributed by atoms with Crippen molar-refractivity contribution in [3.05, 3.63) is 29.3 Å². The van der Waals surface area contributed by atoms with Gasteiger partial charge in [-0.2, -0.15) is 0 Å². The van der Waals surface area contributed by atoms with Crippen LogP contribution in [0.4, 0.5) is 5.69 Å². The summed E-state index contributed by atoms with van der Waals surface area (Å²) in [7, 11) is 0. The van der Waals surface area contributed by atoms with Gasteiger partial charge in [-0.15, -0.1) is 0 Å². The van der Waals surface area contributed by atoms with Gasteiger partial charge in [-0.25, -0.2) is 0 Å². The van der Waals surface area contributed by atoms with Gasteiger partial charge in [0.25, 0.3) is 5.91 Å². The Morgan fingerprint density at radius 1 is 1.24 bits per heavy atom. The van der Waals surface area contributed by atoms with Crippen LogP contribution in [0.25, 0.3) is 0 Å². The van der Waals surface area contributed by atoms with E-state index in [-0.39, 0.29) is 17.7 Å². The van der Waals surface area contributed by atoms with Crippen molar-refractivity contribution >= 4 is 17.5 Å². The molecular weight excluding hydrogens is 266 g/mol. The van der Waals surface area contributed by atoms with E-state index in [2.05, 4.69) is 16.0 Å². The van der Waals surface area contributed by atoms with Crippen LogP contribution in [0, 0.1) is 12.8 Å². The molecular formula is C16H21N3O2. The van der Waals surface area contributed by atoms with Crippen molar-refractivity contribution in [2.24, 2.45) is 5.92 Å². The average Bonchev–Trinajstić information content (AvgIpc) is 3.10. The topological polar surface area (TPSA) is 70.2 Å². The molecule has 2 fully saturated rings. The molecule has 0 bridgehead atoms. The lowest BCUT2D eigenvalue weighted by molar-refractivity contribution is -0.119. The van der Waals surface area contributed by atoms with E-state index >= 15 is 0 Å². The molecule has 5 heteroatoms. The number of amides is 2. The Kier molecular flexibility index (Phi) is 3.92. The quantitative estimate of drug-likeness (QED) is 0.784. The predicted molar refractivity (Wildman–Crippen MR) is 81.3 cm³/mol. The van der Waals surface area contributed by atoms with Crippen molar-refractivity contribution in [1.82, 2.24) is 10.6 Å². The average molecular weight is 287 g/mol. The van der Waals surface area contributed by atoms with Crippen molar-refractivity contribution in [1.29, 1.82) is 0 Å². The van der Waals surface area contributed by atoms with Crippen LogP contribution in [0.3, 0.4) is 0 Å². The Hall–Kier alpha value is -1.88. The van der Waals surface area contributed by atoms with E-state index in [1.807, 2.05) is 13.0 Å². The Balaban J connectivity index is 1.70. The van der Waals surface area contributed by atoms with E-state index in [1.165, 1.54) is 0 Å². The molecule has 21 heavy (non-hydrogen) atoms. The van der Waals surface area contributed by atoms with Gasteiger partial charge in [-0.05, 0) is 50.4 Å². The van der Waals surface area contributed by atoms with Crippen molar-refractivity contribution in [3.8, 4) is 0 Å². The van der Waals surface area contributed by atoms with Crippen LogP contribution >= 0.6 is 0 Å². The Labute approximate surface area is 124 Å². The molecule has 1 aromatic rings. The van der Waals surface area contributed by atoms with Crippen LogP contribution in [0.1, 0.15) is 35.2 Å². The minimum absolute atomic E-state index is 0.0216. The number of hydrogen-bond acceptors (Lipinski definition) is 3. The molecule has 1 atom stereocenters. The molecule has 2 amide bonds. The van der Waals surface area contributed by atoms with Crippen LogP contribution < -0.4 is 16.0 Å². The highest BCUT2D eigenvalue weighted by Gasteiger charge is 2.25. The van der Waals surface area contributed by atoms with Gasteiger partial charge in [0.1, 0.15) is 0 Å². The molecule has 3 N–H and O–H groups in total. The maximum absolute atomic E-state index is 12.2. The second-order valence-electron chi connectivity index (χ2n) is 5.96. The fraction of sp³-hybridized carbons (Fsp3) is 0.500. The number of hydrogen-bond donors (Lipinski definition) is 3. The fourth-order valence-corrected chi connectivity index (χ4v) is 2.51. The summed E-state index contributed by atoms with van der Waals surface area (Å²) in [6, 6.07) is 5.79. The number of carbonyl (C=O) groups excluding carboxylic acids is 2. The fourth-order valence-electron chi connectivity index (χ4n) is 2.51. The van der Waals surface area contributed by atoms with E-state index in [4.69, 9.17) is 0 Å². The van der Waals surface area contributed by atoms with Crippen LogP contribution in [-0.2, 0) is 4.79 Å². The van der Waals surface area contributed by atoms with Gasteiger partial charge in [-0.3, -0.25) is 9.59 Å². The molecule has 2 aliphatic rings. The predicted octanol–water partition coefficient (Wildman–Crippen LogP) is 1.44. The van der Waals surface area contributed by atoms with E-state index < -0.39 is 0 Å². The molecule has 1 aliphatic carbocycles. The molecule has 1 saturated carbocycles. The normalized spacial score (nSPS) is 21.1. The van der Waals surface area contributed by atoms with Crippen molar-refractivity contribution in [3.63, 3.8) is 0 Å². The first-order valence-corrected chi connectivity index (χ1v) is 7.56. The molecule has 1 aliphatic heterocycles. The van der Waals surface area contributed by atoms with Gasteiger partial charge in [-0.1, -0.05) is 6.07 Å². The zero-order valence-corrected chi connectivity index (χ0v) is 12.2. The molecule has 1 unspecified atom stereocenters. The summed E-state index contributed by atoms with van der Waals surface area (Å²) in [5, 5.41) is 9.11. The Bertz CT molecular complexity index is 561. The number of benzene rings is 1. The SMILES string of the molecule is Cc1ccc(C(=O)NC2CC2)cc1NC(=O)C1CCNC1. The summed E-state index contributed by atoms with van der Waals surface area (Å²) in [4.78, 5) is 24.3. The van der Waals surface area contributed by atoms with Gasteiger partial charge in [0.2, 0.25) is 5.91 Å². The molecule has 1 aromatic carbocycles. The molecule has 5 nitrogen and oxygen atoms in total. The standard InChI is InChI=1S/C16H21N3O2/c1-10-2-3-11(15(20)18-13-4-5-13)8-14(10)19-16(21)12-6-7-17-9-12/h2-3,8,12-13,17H,4-7,9H2,1H3,(H,18,20)(H,19,21). The number of rotatable bonds is 4. The molecule has 112 valence electrons. The minimum atomic E-state index is -0.0597. The third kappa shape index (κ3) is 3.42. The molecule has 1 heterocycles. The van der Waals surface area contributed by atoms with Gasteiger partial charge in [0.05, 0.1) is 5.92 Å². The second kappa shape index (κ2) is 5.85. The van der Waals surface area contributed by atoms with Crippen molar-refractivity contribution < 1.29 is 9.59 Å². The number of aryl methyl sites for hydroxylation is 1. The summed E-state index contributed by atoms with van der Waals surface area (Å²) in [5.74, 6) is -0.00766. The van der Waals surface area contributed by atoms with Gasteiger partial charge in [0.15, 0.2) is 0 Å². The third-order valence-electron chi connectivity index (χ3n) is 4.10. The van der Waals surface area contributed by atoms with Crippen LogP contribution in [0.5, 0.6) is 0 Å². The summed E-state index contributed by atoms with van der Waals surface area (Å²) >= 11 is 0. The molecule has 0 radical (unpaired) electrons. The maximum atomic E-state index is 12.2. The first kappa shape index (κ1) is 14.1. The van der Waals surface area contributed by atoms with E-state index in [0.29, 0.717) is 11.6 Å². The highest BCUT2D eigenvalue weighted by atomic mass is 16.2. The lowest BCUT2D eigenvalue weighted by atomic mass is 10.1. The molecule has 0 spiro atoms. The summed E-state index contributed by atoms with van der Waals surface area (Å²) < 4.78 is 0. The monoisotopic (exact) mass is 287 g/mol. The second-order valence-corrected chi connectivity index (χ2v) is 5.96. The highest BCUT2D eigenvalue weighted by molar-refractivity contribution is 5.98. The number of anilines is 1. The smallest absolute Gasteiger partial charge is 0.251 e. The van der Waals surface area contributed by atoms with E-state index in [9.17, 15) is 9.59 Å². The van der Waals surface area contributed by atoms with Gasteiger partial charge in [0, 0.05) is 23.8 Å². The Morgan fingerprint density at radius 3 is 2.71 bits per heavy atom. The van der Waals surface area contributed by atoms with Crippen molar-refractivity contribution in [2.45, 2.75) is 32.2 Å². The lowest BCUT2D eigenvalue weighted by Crippen LogP contribution is -2.27. The number of carbonyl (C=O) groups is 2. The van der Waals surface area contributed by atoms with Crippen LogP contribution in [-0.4, -0.2) is 30.9 Å². The zero-order valence-electron chi connectivity index (χ0n) is 12.2. The summed E-state index contributed by atoms with van der Waals surface area (Å²) in [5.41, 5.74) is 2.31. The largest absolute Gasteiger partial charge is 0.349 e. The number of nitrogens with one attached hydrogen (secondary N) is 3. The first-order valence-electron chi connectivity index (χ1n) is 7.56. The van der Waals surface area contributed by atoms with Gasteiger partial charge < -0.3 is 16.0 Å². The minimum Gasteiger partial charge on any atom is -0.349 e. The third-order valence-corrected chi connectivity index (χ3v) is 4.10. The van der Waals surface area contributed by atoms with Crippen LogP contribution in [0.15, 0.2) is 18.2 Å². The zero-order chi connectivity index (χ0) is 14.8.